The van der Waals surface area contributed by atoms with Crippen LogP contribution in [0.1, 0.15) is 12.0 Å². The van der Waals surface area contributed by atoms with Crippen LogP contribution in [-0.4, -0.2) is 36.1 Å². The monoisotopic (exact) mass is 448 g/mol. The number of nitrogens with two attached hydrogens (primary N) is 1. The number of carbonyl (C=O) groups is 2. The second-order valence-corrected chi connectivity index (χ2v) is 6.72. The van der Waals surface area contributed by atoms with Crippen molar-refractivity contribution < 1.29 is 27.5 Å². The van der Waals surface area contributed by atoms with Gasteiger partial charge in [0.15, 0.2) is 0 Å². The highest BCUT2D eigenvalue weighted by atomic mass is 19.4. The van der Waals surface area contributed by atoms with Gasteiger partial charge in [-0.2, -0.15) is 4.99 Å². The number of aliphatic imine (C=N–C) groups is 2. The van der Waals surface area contributed by atoms with E-state index in [0.717, 1.165) is 23.4 Å². The lowest BCUT2D eigenvalue weighted by atomic mass is 10.2. The van der Waals surface area contributed by atoms with E-state index in [4.69, 9.17) is 5.73 Å². The van der Waals surface area contributed by atoms with Crippen molar-refractivity contribution in [1.82, 2.24) is 5.32 Å². The molecule has 168 valence electrons. The summed E-state index contributed by atoms with van der Waals surface area (Å²) in [6.45, 7) is 1.88. The number of nitrogens with one attached hydrogen (secondary N) is 3. The minimum absolute atomic E-state index is 0.00932. The summed E-state index contributed by atoms with van der Waals surface area (Å²) in [5, 5.41) is 7.71. The fraction of sp³-hybridized carbons (Fsp3) is 0.200. The van der Waals surface area contributed by atoms with E-state index in [2.05, 4.69) is 30.7 Å². The van der Waals surface area contributed by atoms with Crippen molar-refractivity contribution in [3.63, 3.8) is 0 Å². The summed E-state index contributed by atoms with van der Waals surface area (Å²) < 4.78 is 40.8. The second-order valence-electron chi connectivity index (χ2n) is 6.72. The predicted octanol–water partition coefficient (Wildman–Crippen LogP) is 2.50. The van der Waals surface area contributed by atoms with Gasteiger partial charge in [-0.1, -0.05) is 24.3 Å². The van der Waals surface area contributed by atoms with Gasteiger partial charge in [0.1, 0.15) is 11.8 Å². The van der Waals surface area contributed by atoms with Gasteiger partial charge in [0.05, 0.1) is 6.42 Å². The average molecular weight is 448 g/mol. The Hall–Kier alpha value is -4.09. The zero-order chi connectivity index (χ0) is 23.3. The second kappa shape index (κ2) is 9.37. The molecule has 0 aliphatic carbocycles. The minimum atomic E-state index is -4.86. The Bertz CT molecular complexity index is 1080. The molecule has 2 aromatic carbocycles. The van der Waals surface area contributed by atoms with Crippen LogP contribution in [0.5, 0.6) is 5.75 Å². The van der Waals surface area contributed by atoms with Crippen LogP contribution in [0.4, 0.5) is 24.5 Å². The largest absolute Gasteiger partial charge is 0.573 e. The molecule has 1 aliphatic rings. The van der Waals surface area contributed by atoms with Crippen molar-refractivity contribution in [2.75, 3.05) is 10.6 Å². The van der Waals surface area contributed by atoms with E-state index in [9.17, 15) is 22.8 Å². The molecular formula is C20H19F3N6O3. The molecule has 32 heavy (non-hydrogen) atoms. The number of halogens is 3. The van der Waals surface area contributed by atoms with Gasteiger partial charge >= 0.3 is 6.36 Å². The summed E-state index contributed by atoms with van der Waals surface area (Å²) in [4.78, 5) is 32.3. The van der Waals surface area contributed by atoms with Crippen molar-refractivity contribution in [2.24, 2.45) is 15.7 Å². The average Bonchev–Trinajstić information content (AvgIpc) is 3.01. The fourth-order valence-corrected chi connectivity index (χ4v) is 2.78. The van der Waals surface area contributed by atoms with Gasteiger partial charge in [0.25, 0.3) is 5.91 Å². The molecule has 0 radical (unpaired) electrons. The molecule has 9 nitrogen and oxygen atoms in total. The van der Waals surface area contributed by atoms with Crippen molar-refractivity contribution in [3.8, 4) is 5.75 Å². The Balaban J connectivity index is 1.60. The molecule has 0 aromatic heterocycles. The van der Waals surface area contributed by atoms with Gasteiger partial charge in [-0.05, 0) is 30.7 Å². The van der Waals surface area contributed by atoms with Gasteiger partial charge in [-0.15, -0.1) is 13.2 Å². The number of guanidine groups is 2. The minimum Gasteiger partial charge on any atom is -0.406 e. The molecule has 0 fully saturated rings. The molecule has 1 heterocycles. The molecule has 1 unspecified atom stereocenters. The number of para-hydroxylation sites is 1. The molecule has 3 rings (SSSR count). The number of hydrogen-bond acceptors (Lipinski definition) is 5. The molecule has 2 amide bonds. The normalized spacial score (nSPS) is 16.2. The highest BCUT2D eigenvalue weighted by Crippen LogP contribution is 2.25. The van der Waals surface area contributed by atoms with Crippen molar-refractivity contribution in [1.29, 1.82) is 0 Å². The fourth-order valence-electron chi connectivity index (χ4n) is 2.78. The Kier molecular flexibility index (Phi) is 6.61. The maximum Gasteiger partial charge on any atom is 0.573 e. The number of nitrogens with zero attached hydrogens (tertiary/aromatic N) is 2. The molecule has 5 N–H and O–H groups in total. The number of alkyl halides is 3. The lowest BCUT2D eigenvalue weighted by molar-refractivity contribution is -0.274. The first kappa shape index (κ1) is 22.6. The molecule has 0 bridgehead atoms. The summed E-state index contributed by atoms with van der Waals surface area (Å²) in [5.74, 6) is -1.75. The molecule has 1 aliphatic heterocycles. The Morgan fingerprint density at radius 1 is 1.22 bits per heavy atom. The van der Waals surface area contributed by atoms with Crippen LogP contribution in [0.2, 0.25) is 0 Å². The van der Waals surface area contributed by atoms with Gasteiger partial charge in [0.2, 0.25) is 17.8 Å². The standard InChI is InChI=1S/C20H19F3N6O3/c1-11-5-2-3-8-14(11)26-18(24)29-19-27-15(17(31)28-19)10-16(30)25-12-6-4-7-13(9-12)32-20(21,22)23/h2-9,15H,10H2,1H3,(H,25,30)(H4,24,26,27,28,29,31). The zero-order valence-corrected chi connectivity index (χ0v) is 16.7. The number of carbonyl (C=O) groups excluding carboxylic acids is 2. The molecule has 1 atom stereocenters. The maximum atomic E-state index is 12.3. The van der Waals surface area contributed by atoms with E-state index in [1.54, 1.807) is 6.07 Å². The SMILES string of the molecule is Cc1ccccc1N/C(N)=N/C1=NC(CC(=O)Nc2cccc(OC(F)(F)F)c2)C(=O)N1. The van der Waals surface area contributed by atoms with E-state index < -0.39 is 30.0 Å². The van der Waals surface area contributed by atoms with Gasteiger partial charge in [-0.3, -0.25) is 14.9 Å². The summed E-state index contributed by atoms with van der Waals surface area (Å²) in [6.07, 6.45) is -5.20. The number of rotatable bonds is 5. The molecular weight excluding hydrogens is 429 g/mol. The van der Waals surface area contributed by atoms with E-state index >= 15 is 0 Å². The number of amides is 2. The van der Waals surface area contributed by atoms with Gasteiger partial charge in [-0.25, -0.2) is 4.99 Å². The van der Waals surface area contributed by atoms with Crippen LogP contribution in [0.15, 0.2) is 58.5 Å². The van der Waals surface area contributed by atoms with Crippen molar-refractivity contribution in [3.05, 3.63) is 54.1 Å². The van der Waals surface area contributed by atoms with Crippen LogP contribution in [0.3, 0.4) is 0 Å². The number of anilines is 2. The number of ether oxygens (including phenoxy) is 1. The van der Waals surface area contributed by atoms with Crippen LogP contribution in [0.25, 0.3) is 0 Å². The van der Waals surface area contributed by atoms with Crippen molar-refractivity contribution in [2.45, 2.75) is 25.7 Å². The Morgan fingerprint density at radius 3 is 2.69 bits per heavy atom. The van der Waals surface area contributed by atoms with Crippen molar-refractivity contribution >= 4 is 35.1 Å². The molecule has 12 heteroatoms. The number of aryl methyl sites for hydroxylation is 1. The van der Waals surface area contributed by atoms with Crippen LogP contribution in [0, 0.1) is 6.92 Å². The van der Waals surface area contributed by atoms with Crippen LogP contribution in [-0.2, 0) is 9.59 Å². The highest BCUT2D eigenvalue weighted by molar-refractivity contribution is 6.11. The first-order chi connectivity index (χ1) is 15.1. The maximum absolute atomic E-state index is 12.3. The summed E-state index contributed by atoms with van der Waals surface area (Å²) in [5.41, 5.74) is 7.58. The third-order valence-electron chi connectivity index (χ3n) is 4.18. The van der Waals surface area contributed by atoms with Crippen LogP contribution < -0.4 is 26.4 Å². The van der Waals surface area contributed by atoms with E-state index in [1.165, 1.54) is 12.1 Å². The van der Waals surface area contributed by atoms with E-state index in [-0.39, 0.29) is 24.0 Å². The number of hydrogen-bond donors (Lipinski definition) is 4. The van der Waals surface area contributed by atoms with Crippen LogP contribution >= 0.6 is 0 Å². The predicted molar refractivity (Wildman–Crippen MR) is 112 cm³/mol. The quantitative estimate of drug-likeness (QED) is 0.413. The molecule has 0 spiro atoms. The smallest absolute Gasteiger partial charge is 0.406 e. The molecule has 0 saturated carbocycles. The summed E-state index contributed by atoms with van der Waals surface area (Å²) in [6, 6.07) is 11.1. The highest BCUT2D eigenvalue weighted by Gasteiger charge is 2.31. The Labute approximate surface area is 180 Å². The first-order valence-corrected chi connectivity index (χ1v) is 9.30. The van der Waals surface area contributed by atoms with E-state index in [0.29, 0.717) is 0 Å². The summed E-state index contributed by atoms with van der Waals surface area (Å²) in [7, 11) is 0. The lowest BCUT2D eigenvalue weighted by Gasteiger charge is -2.11. The third kappa shape index (κ3) is 6.45. The van der Waals surface area contributed by atoms with E-state index in [1.807, 2.05) is 25.1 Å². The van der Waals surface area contributed by atoms with Gasteiger partial charge < -0.3 is 21.1 Å². The zero-order valence-electron chi connectivity index (χ0n) is 16.7. The summed E-state index contributed by atoms with van der Waals surface area (Å²) >= 11 is 0. The third-order valence-corrected chi connectivity index (χ3v) is 4.18. The number of benzene rings is 2. The molecule has 0 saturated heterocycles. The van der Waals surface area contributed by atoms with Gasteiger partial charge in [0, 0.05) is 17.4 Å². The first-order valence-electron chi connectivity index (χ1n) is 9.30. The Morgan fingerprint density at radius 2 is 1.97 bits per heavy atom. The molecule has 2 aromatic rings. The topological polar surface area (TPSA) is 130 Å². The lowest BCUT2D eigenvalue weighted by Crippen LogP contribution is -2.32.